The Balaban J connectivity index is 1.54. The van der Waals surface area contributed by atoms with E-state index in [2.05, 4.69) is 0 Å². The molecule has 6 heteroatoms. The fourth-order valence-corrected chi connectivity index (χ4v) is 4.21. The zero-order valence-electron chi connectivity index (χ0n) is 17.4. The number of thiazole rings is 1. The highest BCUT2D eigenvalue weighted by atomic mass is 32.1. The second kappa shape index (κ2) is 10.1. The second-order valence-corrected chi connectivity index (χ2v) is 7.95. The SMILES string of the molecule is CCOc1ccc2nc(N(Cc3ccccc3)C(=O)CCOc3ccccc3)sc2c1. The van der Waals surface area contributed by atoms with E-state index >= 15 is 0 Å². The lowest BCUT2D eigenvalue weighted by Crippen LogP contribution is -2.31. The molecule has 4 rings (SSSR count). The first kappa shape index (κ1) is 20.9. The standard InChI is InChI=1S/C25H24N2O3S/c1-2-29-21-13-14-22-23(17-21)31-25(26-22)27(18-19-9-5-3-6-10-19)24(28)15-16-30-20-11-7-4-8-12-20/h3-14,17H,2,15-16,18H2,1H3. The van der Waals surface area contributed by atoms with Gasteiger partial charge in [0, 0.05) is 0 Å². The molecule has 1 heterocycles. The summed E-state index contributed by atoms with van der Waals surface area (Å²) in [5.74, 6) is 1.54. The predicted octanol–water partition coefficient (Wildman–Crippen LogP) is 5.70. The molecule has 1 amide bonds. The quantitative estimate of drug-likeness (QED) is 0.341. The van der Waals surface area contributed by atoms with Gasteiger partial charge in [0.25, 0.3) is 0 Å². The van der Waals surface area contributed by atoms with Crippen molar-refractivity contribution in [2.75, 3.05) is 18.1 Å². The van der Waals surface area contributed by atoms with Gasteiger partial charge in [0.2, 0.25) is 5.91 Å². The first-order chi connectivity index (χ1) is 15.2. The van der Waals surface area contributed by atoms with E-state index in [-0.39, 0.29) is 12.3 Å². The van der Waals surface area contributed by atoms with Crippen molar-refractivity contribution in [2.45, 2.75) is 19.9 Å². The number of anilines is 1. The van der Waals surface area contributed by atoms with Crippen LogP contribution in [0.25, 0.3) is 10.2 Å². The summed E-state index contributed by atoms with van der Waals surface area (Å²) in [7, 11) is 0. The molecule has 158 valence electrons. The third kappa shape index (κ3) is 5.41. The Kier molecular flexibility index (Phi) is 6.79. The molecular formula is C25H24N2O3S. The van der Waals surface area contributed by atoms with Gasteiger partial charge in [0.15, 0.2) is 5.13 Å². The number of carbonyl (C=O) groups excluding carboxylic acids is 1. The molecule has 0 aliphatic heterocycles. The fourth-order valence-electron chi connectivity index (χ4n) is 3.20. The van der Waals surface area contributed by atoms with E-state index in [9.17, 15) is 4.79 Å². The van der Waals surface area contributed by atoms with Gasteiger partial charge in [-0.25, -0.2) is 4.98 Å². The lowest BCUT2D eigenvalue weighted by atomic mass is 10.2. The molecular weight excluding hydrogens is 408 g/mol. The Morgan fingerprint density at radius 3 is 2.42 bits per heavy atom. The molecule has 0 N–H and O–H groups in total. The van der Waals surface area contributed by atoms with Crippen LogP contribution in [-0.4, -0.2) is 24.1 Å². The van der Waals surface area contributed by atoms with Gasteiger partial charge in [-0.1, -0.05) is 59.9 Å². The lowest BCUT2D eigenvalue weighted by Gasteiger charge is -2.20. The van der Waals surface area contributed by atoms with Crippen molar-refractivity contribution in [3.63, 3.8) is 0 Å². The van der Waals surface area contributed by atoms with Crippen LogP contribution in [0, 0.1) is 0 Å². The van der Waals surface area contributed by atoms with Crippen LogP contribution < -0.4 is 14.4 Å². The van der Waals surface area contributed by atoms with Gasteiger partial charge < -0.3 is 9.47 Å². The third-order valence-corrected chi connectivity index (χ3v) is 5.74. The smallest absolute Gasteiger partial charge is 0.232 e. The largest absolute Gasteiger partial charge is 0.494 e. The minimum atomic E-state index is -0.0242. The molecule has 0 saturated carbocycles. The molecule has 31 heavy (non-hydrogen) atoms. The van der Waals surface area contributed by atoms with Gasteiger partial charge in [-0.05, 0) is 42.8 Å². The monoisotopic (exact) mass is 432 g/mol. The van der Waals surface area contributed by atoms with Gasteiger partial charge in [-0.15, -0.1) is 0 Å². The number of nitrogens with zero attached hydrogens (tertiary/aromatic N) is 2. The van der Waals surface area contributed by atoms with Crippen LogP contribution in [0.1, 0.15) is 18.9 Å². The van der Waals surface area contributed by atoms with Gasteiger partial charge in [0.1, 0.15) is 11.5 Å². The normalized spacial score (nSPS) is 10.7. The molecule has 0 unspecified atom stereocenters. The molecule has 4 aromatic rings. The maximum Gasteiger partial charge on any atom is 0.232 e. The average Bonchev–Trinajstić information content (AvgIpc) is 3.22. The topological polar surface area (TPSA) is 51.7 Å². The number of hydrogen-bond donors (Lipinski definition) is 0. The van der Waals surface area contributed by atoms with Crippen LogP contribution in [0.15, 0.2) is 78.9 Å². The second-order valence-electron chi connectivity index (χ2n) is 6.94. The summed E-state index contributed by atoms with van der Waals surface area (Å²) in [6.07, 6.45) is 0.266. The zero-order valence-corrected chi connectivity index (χ0v) is 18.2. The maximum atomic E-state index is 13.2. The Morgan fingerprint density at radius 1 is 0.935 bits per heavy atom. The van der Waals surface area contributed by atoms with Gasteiger partial charge in [-0.3, -0.25) is 9.69 Å². The highest BCUT2D eigenvalue weighted by Crippen LogP contribution is 2.32. The van der Waals surface area contributed by atoms with E-state index in [1.165, 1.54) is 11.3 Å². The molecule has 5 nitrogen and oxygen atoms in total. The summed E-state index contributed by atoms with van der Waals surface area (Å²) in [5.41, 5.74) is 1.91. The summed E-state index contributed by atoms with van der Waals surface area (Å²) in [5, 5.41) is 0.678. The minimum absolute atomic E-state index is 0.0242. The van der Waals surface area contributed by atoms with Crippen molar-refractivity contribution in [2.24, 2.45) is 0 Å². The molecule has 0 aliphatic carbocycles. The van der Waals surface area contributed by atoms with Crippen LogP contribution in [0.5, 0.6) is 11.5 Å². The molecule has 1 aromatic heterocycles. The third-order valence-electron chi connectivity index (χ3n) is 4.70. The predicted molar refractivity (Wildman–Crippen MR) is 125 cm³/mol. The van der Waals surface area contributed by atoms with Crippen LogP contribution in [0.3, 0.4) is 0 Å². The van der Waals surface area contributed by atoms with Crippen molar-refractivity contribution >= 4 is 32.6 Å². The number of carbonyl (C=O) groups is 1. The summed E-state index contributed by atoms with van der Waals surface area (Å²) in [4.78, 5) is 19.6. The average molecular weight is 433 g/mol. The number of rotatable bonds is 9. The van der Waals surface area contributed by atoms with Crippen molar-refractivity contribution in [1.29, 1.82) is 0 Å². The van der Waals surface area contributed by atoms with Gasteiger partial charge >= 0.3 is 0 Å². The van der Waals surface area contributed by atoms with Crippen molar-refractivity contribution < 1.29 is 14.3 Å². The van der Waals surface area contributed by atoms with Gasteiger partial charge in [0.05, 0.1) is 36.4 Å². The molecule has 0 saturated heterocycles. The van der Waals surface area contributed by atoms with Crippen molar-refractivity contribution in [1.82, 2.24) is 4.98 Å². The highest BCUT2D eigenvalue weighted by Gasteiger charge is 2.20. The van der Waals surface area contributed by atoms with E-state index < -0.39 is 0 Å². The molecule has 0 radical (unpaired) electrons. The summed E-state index contributed by atoms with van der Waals surface area (Å²) in [6.45, 7) is 3.34. The maximum absolute atomic E-state index is 13.2. The zero-order chi connectivity index (χ0) is 21.5. The molecule has 0 aliphatic rings. The summed E-state index contributed by atoms with van der Waals surface area (Å²) < 4.78 is 12.3. The van der Waals surface area contributed by atoms with Crippen LogP contribution in [0.2, 0.25) is 0 Å². The molecule has 0 fully saturated rings. The summed E-state index contributed by atoms with van der Waals surface area (Å²) >= 11 is 1.50. The van der Waals surface area contributed by atoms with E-state index in [1.54, 1.807) is 4.90 Å². The number of aromatic nitrogens is 1. The first-order valence-corrected chi connectivity index (χ1v) is 11.1. The number of fused-ring (bicyclic) bond motifs is 1. The van der Waals surface area contributed by atoms with Crippen molar-refractivity contribution in [3.8, 4) is 11.5 Å². The van der Waals surface area contributed by atoms with E-state index in [4.69, 9.17) is 14.5 Å². The Morgan fingerprint density at radius 2 is 1.68 bits per heavy atom. The highest BCUT2D eigenvalue weighted by molar-refractivity contribution is 7.22. The molecule has 0 spiro atoms. The molecule has 0 atom stereocenters. The molecule has 0 bridgehead atoms. The molecule has 3 aromatic carbocycles. The number of amides is 1. The minimum Gasteiger partial charge on any atom is -0.494 e. The Bertz CT molecular complexity index is 1130. The van der Waals surface area contributed by atoms with Crippen LogP contribution in [-0.2, 0) is 11.3 Å². The Labute approximate surface area is 185 Å². The number of benzene rings is 3. The fraction of sp³-hybridized carbons (Fsp3) is 0.200. The Hall–Kier alpha value is -3.38. The lowest BCUT2D eigenvalue weighted by molar-refractivity contribution is -0.119. The van der Waals surface area contributed by atoms with E-state index in [1.807, 2.05) is 85.8 Å². The number of ether oxygens (including phenoxy) is 2. The van der Waals surface area contributed by atoms with E-state index in [0.29, 0.717) is 24.9 Å². The summed E-state index contributed by atoms with van der Waals surface area (Å²) in [6, 6.07) is 25.3. The van der Waals surface area contributed by atoms with E-state index in [0.717, 1.165) is 27.3 Å². The van der Waals surface area contributed by atoms with Gasteiger partial charge in [-0.2, -0.15) is 0 Å². The number of hydrogen-bond acceptors (Lipinski definition) is 5. The number of para-hydroxylation sites is 1. The van der Waals surface area contributed by atoms with Crippen LogP contribution in [0.4, 0.5) is 5.13 Å². The first-order valence-electron chi connectivity index (χ1n) is 10.3. The van der Waals surface area contributed by atoms with Crippen LogP contribution >= 0.6 is 11.3 Å². The van der Waals surface area contributed by atoms with Crippen molar-refractivity contribution in [3.05, 3.63) is 84.4 Å².